The molecule has 118 valence electrons. The molecule has 0 spiro atoms. The Morgan fingerprint density at radius 3 is 2.62 bits per heavy atom. The van der Waals surface area contributed by atoms with Gasteiger partial charge in [-0.3, -0.25) is 4.90 Å². The predicted octanol–water partition coefficient (Wildman–Crippen LogP) is 3.61. The third-order valence-corrected chi connectivity index (χ3v) is 4.15. The maximum Gasteiger partial charge on any atom is 0.123 e. The maximum atomic E-state index is 5.57. The van der Waals surface area contributed by atoms with Gasteiger partial charge < -0.3 is 10.1 Å². The molecule has 1 unspecified atom stereocenters. The van der Waals surface area contributed by atoms with E-state index in [0.29, 0.717) is 6.04 Å². The molecule has 1 aromatic carbocycles. The second-order valence-corrected chi connectivity index (χ2v) is 5.97. The Bertz CT molecular complexity index is 417. The van der Waals surface area contributed by atoms with Gasteiger partial charge in [-0.05, 0) is 44.8 Å². The van der Waals surface area contributed by atoms with E-state index < -0.39 is 0 Å². The molecule has 1 fully saturated rings. The normalized spacial score (nSPS) is 16.2. The van der Waals surface area contributed by atoms with Gasteiger partial charge in [0.15, 0.2) is 0 Å². The van der Waals surface area contributed by atoms with Crippen LogP contribution in [-0.2, 0) is 0 Å². The van der Waals surface area contributed by atoms with Gasteiger partial charge in [-0.2, -0.15) is 0 Å². The maximum absolute atomic E-state index is 5.57. The van der Waals surface area contributed by atoms with Gasteiger partial charge in [-0.15, -0.1) is 0 Å². The van der Waals surface area contributed by atoms with E-state index in [2.05, 4.69) is 42.3 Å². The van der Waals surface area contributed by atoms with Crippen molar-refractivity contribution in [2.75, 3.05) is 26.7 Å². The largest absolute Gasteiger partial charge is 0.496 e. The van der Waals surface area contributed by atoms with Crippen LogP contribution in [0.1, 0.15) is 51.1 Å². The molecule has 0 bridgehead atoms. The number of benzene rings is 1. The summed E-state index contributed by atoms with van der Waals surface area (Å²) in [5, 5.41) is 3.71. The van der Waals surface area contributed by atoms with Gasteiger partial charge >= 0.3 is 0 Å². The molecule has 1 saturated carbocycles. The Morgan fingerprint density at radius 2 is 2.00 bits per heavy atom. The van der Waals surface area contributed by atoms with Crippen molar-refractivity contribution in [3.05, 3.63) is 29.8 Å². The molecule has 3 heteroatoms. The first-order chi connectivity index (χ1) is 10.3. The van der Waals surface area contributed by atoms with Crippen molar-refractivity contribution in [2.45, 2.75) is 51.6 Å². The Labute approximate surface area is 129 Å². The fourth-order valence-electron chi connectivity index (χ4n) is 2.93. The standard InChI is InChI=1S/C18H30N2O/c1-4-12-19-17(14-20(13-5-2)15-10-11-15)16-8-6-7-9-18(16)21-3/h6-9,15,17,19H,4-5,10-14H2,1-3H3. The topological polar surface area (TPSA) is 24.5 Å². The fraction of sp³-hybridized carbons (Fsp3) is 0.667. The Morgan fingerprint density at radius 1 is 1.24 bits per heavy atom. The van der Waals surface area contributed by atoms with Crippen molar-refractivity contribution < 1.29 is 4.74 Å². The van der Waals surface area contributed by atoms with Crippen LogP contribution in [0, 0.1) is 0 Å². The van der Waals surface area contributed by atoms with Crippen molar-refractivity contribution in [2.24, 2.45) is 0 Å². The van der Waals surface area contributed by atoms with Crippen LogP contribution in [0.5, 0.6) is 5.75 Å². The van der Waals surface area contributed by atoms with Crippen LogP contribution in [0.25, 0.3) is 0 Å². The van der Waals surface area contributed by atoms with Crippen LogP contribution in [0.2, 0.25) is 0 Å². The molecule has 1 N–H and O–H groups in total. The van der Waals surface area contributed by atoms with E-state index >= 15 is 0 Å². The first-order valence-corrected chi connectivity index (χ1v) is 8.40. The number of hydrogen-bond acceptors (Lipinski definition) is 3. The average Bonchev–Trinajstić information content (AvgIpc) is 3.35. The van der Waals surface area contributed by atoms with Gasteiger partial charge in [-0.25, -0.2) is 0 Å². The summed E-state index contributed by atoms with van der Waals surface area (Å²) >= 11 is 0. The van der Waals surface area contributed by atoms with E-state index in [1.807, 2.05) is 6.07 Å². The summed E-state index contributed by atoms with van der Waals surface area (Å²) < 4.78 is 5.57. The fourth-order valence-corrected chi connectivity index (χ4v) is 2.93. The van der Waals surface area contributed by atoms with Gasteiger partial charge in [-0.1, -0.05) is 32.0 Å². The molecular formula is C18H30N2O. The van der Waals surface area contributed by atoms with Crippen LogP contribution < -0.4 is 10.1 Å². The number of methoxy groups -OCH3 is 1. The van der Waals surface area contributed by atoms with Crippen LogP contribution in [0.4, 0.5) is 0 Å². The molecular weight excluding hydrogens is 260 g/mol. The van der Waals surface area contributed by atoms with Crippen molar-refractivity contribution in [1.82, 2.24) is 10.2 Å². The lowest BCUT2D eigenvalue weighted by Gasteiger charge is -2.29. The van der Waals surface area contributed by atoms with Gasteiger partial charge in [0.25, 0.3) is 0 Å². The molecule has 2 rings (SSSR count). The number of rotatable bonds is 10. The third-order valence-electron chi connectivity index (χ3n) is 4.15. The highest BCUT2D eigenvalue weighted by molar-refractivity contribution is 5.36. The lowest BCUT2D eigenvalue weighted by atomic mass is 10.0. The summed E-state index contributed by atoms with van der Waals surface area (Å²) in [6, 6.07) is 9.59. The van der Waals surface area contributed by atoms with Gasteiger partial charge in [0.05, 0.1) is 7.11 Å². The van der Waals surface area contributed by atoms with Gasteiger partial charge in [0.2, 0.25) is 0 Å². The minimum absolute atomic E-state index is 0.355. The van der Waals surface area contributed by atoms with E-state index in [9.17, 15) is 0 Å². The lowest BCUT2D eigenvalue weighted by molar-refractivity contribution is 0.231. The molecule has 1 aliphatic carbocycles. The Balaban J connectivity index is 2.12. The van der Waals surface area contributed by atoms with E-state index in [0.717, 1.165) is 31.3 Å². The minimum Gasteiger partial charge on any atom is -0.496 e. The second-order valence-electron chi connectivity index (χ2n) is 5.97. The van der Waals surface area contributed by atoms with Crippen molar-refractivity contribution in [3.63, 3.8) is 0 Å². The summed E-state index contributed by atoms with van der Waals surface area (Å²) in [5.41, 5.74) is 1.29. The first-order valence-electron chi connectivity index (χ1n) is 8.40. The number of para-hydroxylation sites is 1. The number of ether oxygens (including phenoxy) is 1. The average molecular weight is 290 g/mol. The molecule has 0 amide bonds. The third kappa shape index (κ3) is 4.72. The molecule has 1 aliphatic rings. The SMILES string of the molecule is CCCNC(CN(CCC)C1CC1)c1ccccc1OC. The smallest absolute Gasteiger partial charge is 0.123 e. The monoisotopic (exact) mass is 290 g/mol. The van der Waals surface area contributed by atoms with Gasteiger partial charge in [0.1, 0.15) is 5.75 Å². The molecule has 0 radical (unpaired) electrons. The minimum atomic E-state index is 0.355. The summed E-state index contributed by atoms with van der Waals surface area (Å²) in [5.74, 6) is 0.998. The van der Waals surface area contributed by atoms with Crippen LogP contribution in [0.3, 0.4) is 0 Å². The molecule has 21 heavy (non-hydrogen) atoms. The zero-order valence-corrected chi connectivity index (χ0v) is 13.8. The number of nitrogens with zero attached hydrogens (tertiary/aromatic N) is 1. The molecule has 0 heterocycles. The molecule has 0 aromatic heterocycles. The first kappa shape index (κ1) is 16.3. The molecule has 1 atom stereocenters. The van der Waals surface area contributed by atoms with E-state index in [4.69, 9.17) is 4.74 Å². The highest BCUT2D eigenvalue weighted by Gasteiger charge is 2.30. The highest BCUT2D eigenvalue weighted by atomic mass is 16.5. The zero-order valence-electron chi connectivity index (χ0n) is 13.8. The van der Waals surface area contributed by atoms with E-state index in [-0.39, 0.29) is 0 Å². The summed E-state index contributed by atoms with van der Waals surface area (Å²) in [6.45, 7) is 7.82. The van der Waals surface area contributed by atoms with Crippen molar-refractivity contribution in [1.29, 1.82) is 0 Å². The zero-order chi connectivity index (χ0) is 15.1. The Kier molecular flexibility index (Phi) is 6.52. The van der Waals surface area contributed by atoms with E-state index in [1.54, 1.807) is 7.11 Å². The Hall–Kier alpha value is -1.06. The summed E-state index contributed by atoms with van der Waals surface area (Å²) in [6.07, 6.45) is 5.12. The van der Waals surface area contributed by atoms with Crippen LogP contribution in [0.15, 0.2) is 24.3 Å². The number of nitrogens with one attached hydrogen (secondary N) is 1. The van der Waals surface area contributed by atoms with Crippen LogP contribution in [-0.4, -0.2) is 37.7 Å². The van der Waals surface area contributed by atoms with Crippen LogP contribution >= 0.6 is 0 Å². The predicted molar refractivity (Wildman–Crippen MR) is 88.9 cm³/mol. The second kappa shape index (κ2) is 8.40. The summed E-state index contributed by atoms with van der Waals surface area (Å²) in [7, 11) is 1.76. The molecule has 0 saturated heterocycles. The lowest BCUT2D eigenvalue weighted by Crippen LogP contribution is -2.37. The van der Waals surface area contributed by atoms with Gasteiger partial charge in [0, 0.05) is 24.2 Å². The highest BCUT2D eigenvalue weighted by Crippen LogP contribution is 2.31. The summed E-state index contributed by atoms with van der Waals surface area (Å²) in [4.78, 5) is 2.65. The van der Waals surface area contributed by atoms with Crippen molar-refractivity contribution >= 4 is 0 Å². The molecule has 0 aliphatic heterocycles. The molecule has 3 nitrogen and oxygen atoms in total. The quantitative estimate of drug-likeness (QED) is 0.712. The number of hydrogen-bond donors (Lipinski definition) is 1. The van der Waals surface area contributed by atoms with Crippen molar-refractivity contribution in [3.8, 4) is 5.75 Å². The molecule has 1 aromatic rings. The van der Waals surface area contributed by atoms with E-state index in [1.165, 1.54) is 31.4 Å².